The van der Waals surface area contributed by atoms with Crippen LogP contribution in [0.25, 0.3) is 0 Å². The van der Waals surface area contributed by atoms with Crippen molar-refractivity contribution in [3.8, 4) is 17.2 Å². The number of rotatable bonds is 5. The fraction of sp³-hybridized carbons (Fsp3) is 0.150. The Labute approximate surface area is 170 Å². The first kappa shape index (κ1) is 19.3. The summed E-state index contributed by atoms with van der Waals surface area (Å²) >= 11 is 9.50. The number of anilines is 1. The molecule has 0 aliphatic heterocycles. The Kier molecular flexibility index (Phi) is 5.77. The van der Waals surface area contributed by atoms with Gasteiger partial charge in [-0.1, -0.05) is 11.6 Å². The van der Waals surface area contributed by atoms with Crippen LogP contribution in [0.5, 0.6) is 17.2 Å². The first-order valence-electron chi connectivity index (χ1n) is 8.07. The number of hydrogen-bond donors (Lipinski definition) is 1. The number of hydrogen-bond acceptors (Lipinski definition) is 4. The second-order valence-corrected chi connectivity index (χ2v) is 7.01. The van der Waals surface area contributed by atoms with Crippen molar-refractivity contribution >= 4 is 39.1 Å². The second kappa shape index (κ2) is 8.06. The molecule has 0 saturated heterocycles. The zero-order valence-electron chi connectivity index (χ0n) is 14.9. The van der Waals surface area contributed by atoms with Crippen molar-refractivity contribution in [3.05, 3.63) is 69.0 Å². The maximum absolute atomic E-state index is 12.8. The van der Waals surface area contributed by atoms with Crippen LogP contribution in [-0.4, -0.2) is 13.0 Å². The first-order chi connectivity index (χ1) is 12.9. The zero-order chi connectivity index (χ0) is 19.6. The van der Waals surface area contributed by atoms with Crippen LogP contribution in [0.2, 0.25) is 5.02 Å². The van der Waals surface area contributed by atoms with Crippen LogP contribution in [0.15, 0.2) is 51.4 Å². The van der Waals surface area contributed by atoms with Crippen LogP contribution in [0, 0.1) is 13.8 Å². The minimum atomic E-state index is -0.321. The number of nitrogens with one attached hydrogen (secondary N) is 1. The van der Waals surface area contributed by atoms with E-state index in [1.807, 2.05) is 0 Å². The van der Waals surface area contributed by atoms with Crippen LogP contribution in [-0.2, 0) is 0 Å². The van der Waals surface area contributed by atoms with Crippen molar-refractivity contribution in [1.82, 2.24) is 0 Å². The van der Waals surface area contributed by atoms with Gasteiger partial charge in [0.2, 0.25) is 0 Å². The summed E-state index contributed by atoms with van der Waals surface area (Å²) in [7, 11) is 1.60. The number of furan rings is 1. The SMILES string of the molecule is COc1ccc(Oc2ccc(Cl)cc2NC(=O)c2c(C)oc(C)c2Br)cc1. The fourth-order valence-electron chi connectivity index (χ4n) is 2.56. The van der Waals surface area contributed by atoms with E-state index in [2.05, 4.69) is 21.2 Å². The van der Waals surface area contributed by atoms with Crippen molar-refractivity contribution < 1.29 is 18.7 Å². The number of methoxy groups -OCH3 is 1. The van der Waals surface area contributed by atoms with Crippen LogP contribution in [0.3, 0.4) is 0 Å². The Hall–Kier alpha value is -2.44. The van der Waals surface area contributed by atoms with Crippen molar-refractivity contribution in [2.75, 3.05) is 12.4 Å². The molecule has 2 aromatic carbocycles. The third kappa shape index (κ3) is 4.28. The molecular formula is C20H17BrClNO4. The molecule has 3 aromatic rings. The highest BCUT2D eigenvalue weighted by atomic mass is 79.9. The highest BCUT2D eigenvalue weighted by Crippen LogP contribution is 2.34. The number of halogens is 2. The van der Waals surface area contributed by atoms with Gasteiger partial charge < -0.3 is 19.2 Å². The lowest BCUT2D eigenvalue weighted by molar-refractivity contribution is 0.102. The minimum Gasteiger partial charge on any atom is -0.497 e. The van der Waals surface area contributed by atoms with Crippen LogP contribution in [0.1, 0.15) is 21.9 Å². The van der Waals surface area contributed by atoms with Crippen molar-refractivity contribution in [2.24, 2.45) is 0 Å². The quantitative estimate of drug-likeness (QED) is 0.491. The molecule has 7 heteroatoms. The summed E-state index contributed by atoms with van der Waals surface area (Å²) < 4.78 is 17.2. The van der Waals surface area contributed by atoms with Gasteiger partial charge in [-0.2, -0.15) is 0 Å². The first-order valence-corrected chi connectivity index (χ1v) is 9.24. The second-order valence-electron chi connectivity index (χ2n) is 5.78. The molecule has 140 valence electrons. The van der Waals surface area contributed by atoms with Crippen LogP contribution < -0.4 is 14.8 Å². The number of amides is 1. The monoisotopic (exact) mass is 449 g/mol. The van der Waals surface area contributed by atoms with E-state index in [4.69, 9.17) is 25.5 Å². The molecule has 0 bridgehead atoms. The average Bonchev–Trinajstić information content (AvgIpc) is 2.90. The minimum absolute atomic E-state index is 0.321. The number of carbonyl (C=O) groups is 1. The highest BCUT2D eigenvalue weighted by molar-refractivity contribution is 9.10. The number of ether oxygens (including phenoxy) is 2. The Balaban J connectivity index is 1.88. The van der Waals surface area contributed by atoms with Gasteiger partial charge >= 0.3 is 0 Å². The van der Waals surface area contributed by atoms with Crippen molar-refractivity contribution in [1.29, 1.82) is 0 Å². The molecule has 0 saturated carbocycles. The fourth-order valence-corrected chi connectivity index (χ4v) is 3.27. The van der Waals surface area contributed by atoms with E-state index < -0.39 is 0 Å². The van der Waals surface area contributed by atoms with Crippen LogP contribution >= 0.6 is 27.5 Å². The Morgan fingerprint density at radius 3 is 2.33 bits per heavy atom. The standard InChI is InChI=1S/C20H17BrClNO4/c1-11-18(19(21)12(2)26-11)20(24)23-16-10-13(22)4-9-17(16)27-15-7-5-14(25-3)6-8-15/h4-10H,1-3H3,(H,23,24). The molecule has 1 aromatic heterocycles. The van der Waals surface area contributed by atoms with E-state index in [9.17, 15) is 4.79 Å². The van der Waals surface area contributed by atoms with E-state index >= 15 is 0 Å². The molecular weight excluding hydrogens is 434 g/mol. The average molecular weight is 451 g/mol. The van der Waals surface area contributed by atoms with Gasteiger partial charge in [-0.05, 0) is 72.2 Å². The molecule has 5 nitrogen and oxygen atoms in total. The maximum Gasteiger partial charge on any atom is 0.260 e. The lowest BCUT2D eigenvalue weighted by Crippen LogP contribution is -2.13. The summed E-state index contributed by atoms with van der Waals surface area (Å²) in [6.45, 7) is 3.52. The summed E-state index contributed by atoms with van der Waals surface area (Å²) in [6, 6.07) is 12.2. The Bertz CT molecular complexity index is 982. The van der Waals surface area contributed by atoms with E-state index in [1.165, 1.54) is 0 Å². The van der Waals surface area contributed by atoms with Gasteiger partial charge in [-0.15, -0.1) is 0 Å². The lowest BCUT2D eigenvalue weighted by Gasteiger charge is -2.13. The molecule has 1 heterocycles. The van der Waals surface area contributed by atoms with Gasteiger partial charge in [0, 0.05) is 5.02 Å². The zero-order valence-corrected chi connectivity index (χ0v) is 17.3. The topological polar surface area (TPSA) is 60.7 Å². The maximum atomic E-state index is 12.8. The summed E-state index contributed by atoms with van der Waals surface area (Å²) in [5.74, 6) is 2.63. The molecule has 0 aliphatic carbocycles. The molecule has 0 spiro atoms. The molecule has 1 amide bonds. The molecule has 0 fully saturated rings. The molecule has 0 unspecified atom stereocenters. The van der Waals surface area contributed by atoms with Gasteiger partial charge in [-0.3, -0.25) is 4.79 Å². The summed E-state index contributed by atoms with van der Waals surface area (Å²) in [5, 5.41) is 3.32. The normalized spacial score (nSPS) is 10.6. The number of carbonyl (C=O) groups excluding carboxylic acids is 1. The predicted octanol–water partition coefficient (Wildman–Crippen LogP) is 6.37. The van der Waals surface area contributed by atoms with Gasteiger partial charge in [0.25, 0.3) is 5.91 Å². The van der Waals surface area contributed by atoms with Gasteiger partial charge in [0.15, 0.2) is 5.75 Å². The van der Waals surface area contributed by atoms with E-state index in [-0.39, 0.29) is 5.91 Å². The highest BCUT2D eigenvalue weighted by Gasteiger charge is 2.21. The van der Waals surface area contributed by atoms with Crippen LogP contribution in [0.4, 0.5) is 5.69 Å². The molecule has 1 N–H and O–H groups in total. The van der Waals surface area contributed by atoms with Gasteiger partial charge in [-0.25, -0.2) is 0 Å². The third-order valence-corrected chi connectivity index (χ3v) is 5.08. The summed E-state index contributed by atoms with van der Waals surface area (Å²) in [6.07, 6.45) is 0. The Morgan fingerprint density at radius 1 is 1.07 bits per heavy atom. The van der Waals surface area contributed by atoms with E-state index in [1.54, 1.807) is 63.4 Å². The summed E-state index contributed by atoms with van der Waals surface area (Å²) in [5.41, 5.74) is 0.886. The third-order valence-electron chi connectivity index (χ3n) is 3.89. The molecule has 0 radical (unpaired) electrons. The number of aryl methyl sites for hydroxylation is 2. The van der Waals surface area contributed by atoms with Crippen molar-refractivity contribution in [2.45, 2.75) is 13.8 Å². The smallest absolute Gasteiger partial charge is 0.260 e. The molecule has 0 atom stereocenters. The molecule has 3 rings (SSSR count). The largest absolute Gasteiger partial charge is 0.497 e. The van der Waals surface area contributed by atoms with Gasteiger partial charge in [0.05, 0.1) is 22.8 Å². The van der Waals surface area contributed by atoms with Crippen molar-refractivity contribution in [3.63, 3.8) is 0 Å². The lowest BCUT2D eigenvalue weighted by atomic mass is 10.2. The van der Waals surface area contributed by atoms with Gasteiger partial charge in [0.1, 0.15) is 23.0 Å². The number of benzene rings is 2. The summed E-state index contributed by atoms with van der Waals surface area (Å²) in [4.78, 5) is 12.8. The van der Waals surface area contributed by atoms with E-state index in [0.717, 1.165) is 5.75 Å². The molecule has 27 heavy (non-hydrogen) atoms. The van der Waals surface area contributed by atoms with E-state index in [0.29, 0.717) is 43.8 Å². The molecule has 0 aliphatic rings. The predicted molar refractivity (Wildman–Crippen MR) is 108 cm³/mol. The Morgan fingerprint density at radius 2 is 1.74 bits per heavy atom.